The Bertz CT molecular complexity index is 740. The number of nitrogens with zero attached hydrogens (tertiary/aromatic N) is 2. The van der Waals surface area contributed by atoms with Crippen LogP contribution in [0.4, 0.5) is 0 Å². The Morgan fingerprint density at radius 3 is 2.81 bits per heavy atom. The summed E-state index contributed by atoms with van der Waals surface area (Å²) in [6.07, 6.45) is 5.84. The lowest BCUT2D eigenvalue weighted by Crippen LogP contribution is -2.43. The van der Waals surface area contributed by atoms with Gasteiger partial charge in [0.05, 0.1) is 11.4 Å². The fourth-order valence-corrected chi connectivity index (χ4v) is 3.59. The van der Waals surface area contributed by atoms with E-state index >= 15 is 0 Å². The molecule has 1 aliphatic rings. The number of amides is 1. The molecule has 6 heteroatoms. The highest BCUT2D eigenvalue weighted by Crippen LogP contribution is 2.15. The van der Waals surface area contributed by atoms with Gasteiger partial charge in [-0.05, 0) is 56.2 Å². The number of aromatic nitrogens is 2. The first-order chi connectivity index (χ1) is 13.0. The third kappa shape index (κ3) is 5.40. The van der Waals surface area contributed by atoms with Gasteiger partial charge in [-0.3, -0.25) is 10.2 Å². The summed E-state index contributed by atoms with van der Waals surface area (Å²) < 4.78 is 1.92. The van der Waals surface area contributed by atoms with E-state index in [1.807, 2.05) is 41.9 Å². The highest BCUT2D eigenvalue weighted by atomic mass is 16.2. The van der Waals surface area contributed by atoms with Gasteiger partial charge in [0, 0.05) is 18.8 Å². The van der Waals surface area contributed by atoms with Crippen LogP contribution in [0.2, 0.25) is 0 Å². The van der Waals surface area contributed by atoms with Gasteiger partial charge in [0.25, 0.3) is 0 Å². The Balaban J connectivity index is 1.42. The van der Waals surface area contributed by atoms with Gasteiger partial charge in [-0.1, -0.05) is 32.0 Å². The molecule has 2 heterocycles. The second kappa shape index (κ2) is 9.15. The van der Waals surface area contributed by atoms with E-state index in [0.717, 1.165) is 37.1 Å². The lowest BCUT2D eigenvalue weighted by atomic mass is 10.00. The van der Waals surface area contributed by atoms with Crippen LogP contribution in [-0.4, -0.2) is 34.3 Å². The molecule has 0 saturated carbocycles. The smallest absolute Gasteiger partial charge is 0.238 e. The van der Waals surface area contributed by atoms with E-state index in [2.05, 4.69) is 41.3 Å². The minimum absolute atomic E-state index is 0.0884. The number of hydrogen-bond acceptors (Lipinski definition) is 4. The molecule has 2 aromatic rings. The maximum atomic E-state index is 12.3. The van der Waals surface area contributed by atoms with Gasteiger partial charge in [0.15, 0.2) is 0 Å². The van der Waals surface area contributed by atoms with Crippen LogP contribution in [0.15, 0.2) is 36.5 Å². The molecule has 6 nitrogen and oxygen atoms in total. The highest BCUT2D eigenvalue weighted by Gasteiger charge is 2.29. The number of carbonyl (C=O) groups is 1. The molecule has 27 heavy (non-hydrogen) atoms. The second-order valence-electron chi connectivity index (χ2n) is 7.82. The Morgan fingerprint density at radius 2 is 2.07 bits per heavy atom. The van der Waals surface area contributed by atoms with E-state index < -0.39 is 0 Å². The maximum Gasteiger partial charge on any atom is 0.238 e. The SMILES string of the molecule is Cc1nn(-c2ccccc2)cc1CCCNC(=O)C1CC(CC(C)C)NN1. The Morgan fingerprint density at radius 1 is 1.30 bits per heavy atom. The summed E-state index contributed by atoms with van der Waals surface area (Å²) in [6.45, 7) is 7.13. The molecule has 0 bridgehead atoms. The fraction of sp³-hybridized carbons (Fsp3) is 0.524. The first-order valence-electron chi connectivity index (χ1n) is 9.92. The Kier molecular flexibility index (Phi) is 6.63. The van der Waals surface area contributed by atoms with Crippen LogP contribution >= 0.6 is 0 Å². The quantitative estimate of drug-likeness (QED) is 0.625. The molecule has 146 valence electrons. The van der Waals surface area contributed by atoms with Gasteiger partial charge in [0.2, 0.25) is 5.91 Å². The summed E-state index contributed by atoms with van der Waals surface area (Å²) in [7, 11) is 0. The molecule has 0 aliphatic carbocycles. The van der Waals surface area contributed by atoms with E-state index in [0.29, 0.717) is 18.5 Å². The van der Waals surface area contributed by atoms with Gasteiger partial charge in [-0.15, -0.1) is 0 Å². The van der Waals surface area contributed by atoms with Crippen LogP contribution in [-0.2, 0) is 11.2 Å². The number of rotatable bonds is 8. The second-order valence-corrected chi connectivity index (χ2v) is 7.82. The minimum Gasteiger partial charge on any atom is -0.355 e. The lowest BCUT2D eigenvalue weighted by Gasteiger charge is -2.11. The average Bonchev–Trinajstić information content (AvgIpc) is 3.26. The third-order valence-corrected chi connectivity index (χ3v) is 5.00. The summed E-state index contributed by atoms with van der Waals surface area (Å²) in [5.74, 6) is 0.719. The molecule has 0 spiro atoms. The summed E-state index contributed by atoms with van der Waals surface area (Å²) in [4.78, 5) is 12.3. The molecule has 1 fully saturated rings. The molecule has 1 aromatic heterocycles. The normalized spacial score (nSPS) is 19.6. The van der Waals surface area contributed by atoms with E-state index in [4.69, 9.17) is 0 Å². The molecule has 0 radical (unpaired) electrons. The molecule has 1 aliphatic heterocycles. The van der Waals surface area contributed by atoms with Gasteiger partial charge in [-0.2, -0.15) is 5.10 Å². The summed E-state index contributed by atoms with van der Waals surface area (Å²) >= 11 is 0. The average molecular weight is 370 g/mol. The van der Waals surface area contributed by atoms with Crippen LogP contribution in [0, 0.1) is 12.8 Å². The van der Waals surface area contributed by atoms with Crippen molar-refractivity contribution in [3.05, 3.63) is 47.8 Å². The Hall–Kier alpha value is -2.18. The molecule has 2 atom stereocenters. The maximum absolute atomic E-state index is 12.3. The topological polar surface area (TPSA) is 71.0 Å². The molecular weight excluding hydrogens is 338 g/mol. The predicted octanol–water partition coefficient (Wildman–Crippen LogP) is 2.51. The summed E-state index contributed by atoms with van der Waals surface area (Å²) in [5.41, 5.74) is 9.70. The summed E-state index contributed by atoms with van der Waals surface area (Å²) in [5, 5.41) is 7.66. The van der Waals surface area contributed by atoms with E-state index in [9.17, 15) is 4.79 Å². The minimum atomic E-state index is -0.128. The zero-order valence-corrected chi connectivity index (χ0v) is 16.5. The van der Waals surface area contributed by atoms with E-state index in [1.165, 1.54) is 5.56 Å². The summed E-state index contributed by atoms with van der Waals surface area (Å²) in [6, 6.07) is 10.4. The van der Waals surface area contributed by atoms with Crippen LogP contribution in [0.5, 0.6) is 0 Å². The first kappa shape index (κ1) is 19.6. The molecule has 2 unspecified atom stereocenters. The van der Waals surface area contributed by atoms with Crippen molar-refractivity contribution in [3.8, 4) is 5.69 Å². The number of aryl methyl sites for hydroxylation is 2. The van der Waals surface area contributed by atoms with Crippen molar-refractivity contribution >= 4 is 5.91 Å². The molecule has 1 saturated heterocycles. The van der Waals surface area contributed by atoms with Crippen LogP contribution < -0.4 is 16.2 Å². The van der Waals surface area contributed by atoms with Crippen LogP contribution in [0.25, 0.3) is 5.69 Å². The van der Waals surface area contributed by atoms with Gasteiger partial charge in [0.1, 0.15) is 6.04 Å². The van der Waals surface area contributed by atoms with Crippen LogP contribution in [0.3, 0.4) is 0 Å². The zero-order chi connectivity index (χ0) is 19.2. The number of carbonyl (C=O) groups excluding carboxylic acids is 1. The van der Waals surface area contributed by atoms with Crippen molar-refractivity contribution < 1.29 is 4.79 Å². The van der Waals surface area contributed by atoms with E-state index in [1.54, 1.807) is 0 Å². The molecule has 1 aromatic carbocycles. The fourth-order valence-electron chi connectivity index (χ4n) is 3.59. The van der Waals surface area contributed by atoms with Crippen molar-refractivity contribution in [1.82, 2.24) is 25.9 Å². The monoisotopic (exact) mass is 369 g/mol. The number of hydrazine groups is 1. The highest BCUT2D eigenvalue weighted by molar-refractivity contribution is 5.82. The van der Waals surface area contributed by atoms with E-state index in [-0.39, 0.29) is 11.9 Å². The first-order valence-corrected chi connectivity index (χ1v) is 9.92. The molecule has 1 amide bonds. The van der Waals surface area contributed by atoms with Crippen molar-refractivity contribution in [1.29, 1.82) is 0 Å². The van der Waals surface area contributed by atoms with Crippen molar-refractivity contribution in [3.63, 3.8) is 0 Å². The van der Waals surface area contributed by atoms with Gasteiger partial charge in [-0.25, -0.2) is 10.1 Å². The molecule has 3 rings (SSSR count). The van der Waals surface area contributed by atoms with Gasteiger partial charge < -0.3 is 5.32 Å². The molecular formula is C21H31N5O. The largest absolute Gasteiger partial charge is 0.355 e. The Labute approximate surface area is 161 Å². The van der Waals surface area contributed by atoms with Gasteiger partial charge >= 0.3 is 0 Å². The number of para-hydroxylation sites is 1. The number of nitrogens with one attached hydrogen (secondary N) is 3. The lowest BCUT2D eigenvalue weighted by molar-refractivity contribution is -0.122. The number of benzene rings is 1. The van der Waals surface area contributed by atoms with Crippen molar-refractivity contribution in [2.75, 3.05) is 6.54 Å². The number of hydrogen-bond donors (Lipinski definition) is 3. The van der Waals surface area contributed by atoms with Crippen molar-refractivity contribution in [2.45, 2.75) is 58.5 Å². The third-order valence-electron chi connectivity index (χ3n) is 5.00. The zero-order valence-electron chi connectivity index (χ0n) is 16.5. The standard InChI is InChI=1S/C21H31N5O/c1-15(2)12-18-13-20(24-23-18)21(27)22-11-7-8-17-14-26(25-16(17)3)19-9-5-4-6-10-19/h4-6,9-10,14-15,18,20,23-24H,7-8,11-13H2,1-3H3,(H,22,27). The van der Waals surface area contributed by atoms with Crippen LogP contribution in [0.1, 0.15) is 44.4 Å². The predicted molar refractivity (Wildman–Crippen MR) is 108 cm³/mol. The molecule has 3 N–H and O–H groups in total. The van der Waals surface area contributed by atoms with Crippen molar-refractivity contribution in [2.24, 2.45) is 5.92 Å².